The van der Waals surface area contributed by atoms with Gasteiger partial charge in [-0.1, -0.05) is 24.6 Å². The summed E-state index contributed by atoms with van der Waals surface area (Å²) in [6.07, 6.45) is 3.80. The van der Waals surface area contributed by atoms with Gasteiger partial charge in [-0.3, -0.25) is 0 Å². The number of benzene rings is 1. The summed E-state index contributed by atoms with van der Waals surface area (Å²) in [5.74, 6) is 0. The minimum absolute atomic E-state index is 0.245. The van der Waals surface area contributed by atoms with E-state index in [1.807, 2.05) is 0 Å². The number of anilines is 1. The fourth-order valence-electron chi connectivity index (χ4n) is 3.19. The van der Waals surface area contributed by atoms with Gasteiger partial charge in [-0.2, -0.15) is 0 Å². The molecule has 0 radical (unpaired) electrons. The largest absolute Gasteiger partial charge is 0.378 e. The molecule has 0 spiro atoms. The molecule has 1 aromatic rings. The van der Waals surface area contributed by atoms with Crippen molar-refractivity contribution in [2.75, 3.05) is 37.7 Å². The number of ether oxygens (including phenoxy) is 1. The lowest BCUT2D eigenvalue weighted by molar-refractivity contribution is 0.122. The Labute approximate surface area is 109 Å². The molecular formula is C15H22N2O. The molecule has 0 aromatic heterocycles. The standard InChI is InChI=1S/C15H22N2O/c16-12-15(6-3-7-15)13-4-1-2-5-14(13)17-8-10-18-11-9-17/h1-2,4-5H,3,6-12,16H2. The van der Waals surface area contributed by atoms with Gasteiger partial charge in [0.05, 0.1) is 13.2 Å². The van der Waals surface area contributed by atoms with Crippen molar-refractivity contribution in [1.82, 2.24) is 0 Å². The molecule has 18 heavy (non-hydrogen) atoms. The van der Waals surface area contributed by atoms with Gasteiger partial charge in [-0.05, 0) is 24.5 Å². The van der Waals surface area contributed by atoms with Crippen LogP contribution in [0.2, 0.25) is 0 Å². The molecule has 1 heterocycles. The highest BCUT2D eigenvalue weighted by Gasteiger charge is 2.39. The monoisotopic (exact) mass is 246 g/mol. The predicted molar refractivity (Wildman–Crippen MR) is 74.1 cm³/mol. The number of nitrogens with two attached hydrogens (primary N) is 1. The van der Waals surface area contributed by atoms with Gasteiger partial charge in [-0.25, -0.2) is 0 Å². The van der Waals surface area contributed by atoms with Crippen LogP contribution in [0.3, 0.4) is 0 Å². The third kappa shape index (κ3) is 1.91. The summed E-state index contributed by atoms with van der Waals surface area (Å²) in [4.78, 5) is 2.45. The average molecular weight is 246 g/mol. The van der Waals surface area contributed by atoms with E-state index in [4.69, 9.17) is 10.5 Å². The maximum absolute atomic E-state index is 6.06. The van der Waals surface area contributed by atoms with Crippen molar-refractivity contribution in [3.8, 4) is 0 Å². The Kier molecular flexibility index (Phi) is 3.27. The zero-order valence-corrected chi connectivity index (χ0v) is 10.9. The van der Waals surface area contributed by atoms with E-state index in [9.17, 15) is 0 Å². The lowest BCUT2D eigenvalue weighted by Gasteiger charge is -2.44. The van der Waals surface area contributed by atoms with E-state index in [-0.39, 0.29) is 5.41 Å². The van der Waals surface area contributed by atoms with E-state index in [0.717, 1.165) is 32.8 Å². The highest BCUT2D eigenvalue weighted by atomic mass is 16.5. The van der Waals surface area contributed by atoms with Crippen LogP contribution < -0.4 is 10.6 Å². The Morgan fingerprint density at radius 2 is 1.89 bits per heavy atom. The number of para-hydroxylation sites is 1. The van der Waals surface area contributed by atoms with Crippen LogP contribution >= 0.6 is 0 Å². The highest BCUT2D eigenvalue weighted by Crippen LogP contribution is 2.46. The topological polar surface area (TPSA) is 38.5 Å². The highest BCUT2D eigenvalue weighted by molar-refractivity contribution is 5.58. The molecule has 1 aliphatic carbocycles. The number of morpholine rings is 1. The van der Waals surface area contributed by atoms with Crippen molar-refractivity contribution < 1.29 is 4.74 Å². The molecule has 1 saturated heterocycles. The summed E-state index contributed by atoms with van der Waals surface area (Å²) in [6, 6.07) is 8.80. The van der Waals surface area contributed by atoms with Crippen LogP contribution in [0.5, 0.6) is 0 Å². The maximum Gasteiger partial charge on any atom is 0.0642 e. The van der Waals surface area contributed by atoms with Crippen molar-refractivity contribution in [2.45, 2.75) is 24.7 Å². The van der Waals surface area contributed by atoms with Crippen LogP contribution in [0, 0.1) is 0 Å². The molecular weight excluding hydrogens is 224 g/mol. The summed E-state index contributed by atoms with van der Waals surface area (Å²) in [6.45, 7) is 4.44. The summed E-state index contributed by atoms with van der Waals surface area (Å²) in [5, 5.41) is 0. The van der Waals surface area contributed by atoms with Crippen LogP contribution in [-0.2, 0) is 10.2 Å². The molecule has 1 saturated carbocycles. The normalized spacial score (nSPS) is 22.6. The first-order valence-corrected chi connectivity index (χ1v) is 6.98. The maximum atomic E-state index is 6.06. The van der Waals surface area contributed by atoms with Gasteiger partial charge >= 0.3 is 0 Å². The third-order valence-electron chi connectivity index (χ3n) is 4.53. The Morgan fingerprint density at radius 1 is 1.17 bits per heavy atom. The minimum atomic E-state index is 0.245. The molecule has 0 amide bonds. The van der Waals surface area contributed by atoms with Crippen LogP contribution in [0.4, 0.5) is 5.69 Å². The van der Waals surface area contributed by atoms with Crippen molar-refractivity contribution in [3.63, 3.8) is 0 Å². The molecule has 2 N–H and O–H groups in total. The molecule has 2 aliphatic rings. The van der Waals surface area contributed by atoms with Crippen molar-refractivity contribution in [1.29, 1.82) is 0 Å². The molecule has 3 rings (SSSR count). The van der Waals surface area contributed by atoms with Crippen molar-refractivity contribution in [2.24, 2.45) is 5.73 Å². The van der Waals surface area contributed by atoms with Crippen LogP contribution in [0.1, 0.15) is 24.8 Å². The molecule has 1 aromatic carbocycles. The molecule has 3 heteroatoms. The zero-order chi connectivity index (χ0) is 12.4. The van der Waals surface area contributed by atoms with E-state index in [2.05, 4.69) is 29.2 Å². The SMILES string of the molecule is NCC1(c2ccccc2N2CCOCC2)CCC1. The first-order valence-electron chi connectivity index (χ1n) is 6.98. The van der Waals surface area contributed by atoms with Crippen LogP contribution in [0.25, 0.3) is 0 Å². The number of nitrogens with zero attached hydrogens (tertiary/aromatic N) is 1. The number of hydrogen-bond donors (Lipinski definition) is 1. The van der Waals surface area contributed by atoms with E-state index in [1.165, 1.54) is 30.5 Å². The summed E-state index contributed by atoms with van der Waals surface area (Å²) in [7, 11) is 0. The Bertz CT molecular complexity index is 403. The first-order chi connectivity index (χ1) is 8.86. The van der Waals surface area contributed by atoms with Crippen LogP contribution in [0.15, 0.2) is 24.3 Å². The number of rotatable bonds is 3. The van der Waals surface area contributed by atoms with Gasteiger partial charge in [0.25, 0.3) is 0 Å². The van der Waals surface area contributed by atoms with Gasteiger partial charge in [0.1, 0.15) is 0 Å². The van der Waals surface area contributed by atoms with Crippen molar-refractivity contribution in [3.05, 3.63) is 29.8 Å². The summed E-state index contributed by atoms with van der Waals surface area (Å²) < 4.78 is 5.45. The molecule has 1 aliphatic heterocycles. The molecule has 3 nitrogen and oxygen atoms in total. The Balaban J connectivity index is 1.94. The molecule has 2 fully saturated rings. The van der Waals surface area contributed by atoms with Crippen LogP contribution in [-0.4, -0.2) is 32.8 Å². The third-order valence-corrected chi connectivity index (χ3v) is 4.53. The van der Waals surface area contributed by atoms with E-state index in [0.29, 0.717) is 0 Å². The molecule has 0 atom stereocenters. The van der Waals surface area contributed by atoms with Gasteiger partial charge < -0.3 is 15.4 Å². The fourth-order valence-corrected chi connectivity index (χ4v) is 3.19. The lowest BCUT2D eigenvalue weighted by Crippen LogP contribution is -2.44. The summed E-state index contributed by atoms with van der Waals surface area (Å²) in [5.41, 5.74) is 9.14. The second-order valence-corrected chi connectivity index (χ2v) is 5.45. The predicted octanol–water partition coefficient (Wildman–Crippen LogP) is 1.90. The Morgan fingerprint density at radius 3 is 2.50 bits per heavy atom. The minimum Gasteiger partial charge on any atom is -0.378 e. The average Bonchev–Trinajstić information content (AvgIpc) is 2.40. The first kappa shape index (κ1) is 12.0. The second-order valence-electron chi connectivity index (χ2n) is 5.45. The van der Waals surface area contributed by atoms with Gasteiger partial charge in [0.2, 0.25) is 0 Å². The second kappa shape index (κ2) is 4.90. The van der Waals surface area contributed by atoms with Gasteiger partial charge in [-0.15, -0.1) is 0 Å². The zero-order valence-electron chi connectivity index (χ0n) is 10.9. The number of hydrogen-bond acceptors (Lipinski definition) is 3. The molecule has 98 valence electrons. The summed E-state index contributed by atoms with van der Waals surface area (Å²) >= 11 is 0. The molecule has 0 bridgehead atoms. The van der Waals surface area contributed by atoms with E-state index < -0.39 is 0 Å². The quantitative estimate of drug-likeness (QED) is 0.885. The van der Waals surface area contributed by atoms with Crippen molar-refractivity contribution >= 4 is 5.69 Å². The van der Waals surface area contributed by atoms with E-state index in [1.54, 1.807) is 0 Å². The van der Waals surface area contributed by atoms with E-state index >= 15 is 0 Å². The smallest absolute Gasteiger partial charge is 0.0642 e. The lowest BCUT2D eigenvalue weighted by atomic mass is 9.64. The van der Waals surface area contributed by atoms with Gasteiger partial charge in [0.15, 0.2) is 0 Å². The molecule has 0 unspecified atom stereocenters. The fraction of sp³-hybridized carbons (Fsp3) is 0.600. The Hall–Kier alpha value is -1.06. The van der Waals surface area contributed by atoms with Gasteiger partial charge in [0, 0.05) is 30.7 Å².